The van der Waals surface area contributed by atoms with Gasteiger partial charge in [-0.15, -0.1) is 11.3 Å². The van der Waals surface area contributed by atoms with Crippen LogP contribution in [0.25, 0.3) is 10.2 Å². The van der Waals surface area contributed by atoms with E-state index in [4.69, 9.17) is 18.4 Å². The zero-order valence-electron chi connectivity index (χ0n) is 20.4. The van der Waals surface area contributed by atoms with Gasteiger partial charge in [0.05, 0.1) is 36.1 Å². The highest BCUT2D eigenvalue weighted by molar-refractivity contribution is 7.86. The number of aliphatic hydroxyl groups excluding tert-OH is 5. The molecule has 1 aromatic carbocycles. The predicted molar refractivity (Wildman–Crippen MR) is 136 cm³/mol. The third-order valence-corrected chi connectivity index (χ3v) is 8.70. The number of hydrogen-bond acceptors (Lipinski definition) is 11. The van der Waals surface area contributed by atoms with Gasteiger partial charge >= 0.3 is 0 Å². The van der Waals surface area contributed by atoms with Gasteiger partial charge in [-0.25, -0.2) is 9.37 Å². The van der Waals surface area contributed by atoms with Crippen LogP contribution in [0.3, 0.4) is 0 Å². The second-order valence-electron chi connectivity index (χ2n) is 9.15. The molecule has 5 rings (SSSR count). The summed E-state index contributed by atoms with van der Waals surface area (Å²) in [6.45, 7) is 1.00. The number of benzene rings is 1. The summed E-state index contributed by atoms with van der Waals surface area (Å²) in [6.07, 6.45) is -7.47. The average molecular weight is 573 g/mol. The lowest BCUT2D eigenvalue weighted by Gasteiger charge is -2.20. The number of rotatable bonds is 7. The van der Waals surface area contributed by atoms with Crippen LogP contribution < -0.4 is 4.74 Å². The monoisotopic (exact) mass is 572 g/mol. The fraction of sp³-hybridized carbons (Fsp3) is 0.500. The third-order valence-electron chi connectivity index (χ3n) is 6.80. The van der Waals surface area contributed by atoms with Crippen molar-refractivity contribution in [2.75, 3.05) is 20.3 Å². The van der Waals surface area contributed by atoms with Crippen molar-refractivity contribution in [1.29, 1.82) is 0 Å². The Labute approximate surface area is 224 Å². The number of ether oxygens (including phenoxy) is 3. The van der Waals surface area contributed by atoms with Crippen LogP contribution in [0, 0.1) is 17.4 Å². The molecule has 8 atom stereocenters. The Kier molecular flexibility index (Phi) is 8.17. The van der Waals surface area contributed by atoms with Gasteiger partial charge in [0.15, 0.2) is 6.23 Å². The average Bonchev–Trinajstić information content (AvgIpc) is 3.58. The Morgan fingerprint density at radius 2 is 1.87 bits per heavy atom. The topological polar surface area (TPSA) is 156 Å². The first-order chi connectivity index (χ1) is 18.2. The molecule has 14 heteroatoms. The fourth-order valence-electron chi connectivity index (χ4n) is 4.67. The van der Waals surface area contributed by atoms with Gasteiger partial charge < -0.3 is 48.5 Å². The summed E-state index contributed by atoms with van der Waals surface area (Å²) in [7, 11) is 1.43. The van der Waals surface area contributed by atoms with Gasteiger partial charge in [0, 0.05) is 11.8 Å². The van der Waals surface area contributed by atoms with E-state index >= 15 is 0 Å². The highest BCUT2D eigenvalue weighted by Crippen LogP contribution is 2.39. The first-order valence-electron chi connectivity index (χ1n) is 11.8. The van der Waals surface area contributed by atoms with E-state index in [9.17, 15) is 29.9 Å². The lowest BCUT2D eigenvalue weighted by molar-refractivity contribution is -0.0534. The van der Waals surface area contributed by atoms with Crippen LogP contribution in [-0.4, -0.2) is 92.0 Å². The van der Waals surface area contributed by atoms with E-state index in [1.165, 1.54) is 30.6 Å². The van der Waals surface area contributed by atoms with Crippen LogP contribution in [0.15, 0.2) is 29.9 Å². The smallest absolute Gasteiger partial charge is 0.163 e. The first kappa shape index (κ1) is 27.6. The molecule has 0 aliphatic carbocycles. The van der Waals surface area contributed by atoms with Gasteiger partial charge in [-0.3, -0.25) is 0 Å². The summed E-state index contributed by atoms with van der Waals surface area (Å²) in [6, 6.07) is 4.46. The molecule has 2 saturated heterocycles. The second kappa shape index (κ2) is 11.3. The molecule has 2 fully saturated rings. The van der Waals surface area contributed by atoms with Gasteiger partial charge in [0.2, 0.25) is 0 Å². The summed E-state index contributed by atoms with van der Waals surface area (Å²) in [5, 5.41) is 51.6. The SMILES string of the molecule is COc1cc(C)c(F)cc1[C@@H]1O[C@H](CO/[SH]=c2\c3scnc3ccn2[C@@H]2O[C@H](CO)C(O)C2O)C(O)C1O. The molecule has 0 radical (unpaired) electrons. The van der Waals surface area contributed by atoms with Gasteiger partial charge in [0.25, 0.3) is 0 Å². The van der Waals surface area contributed by atoms with E-state index in [1.54, 1.807) is 29.3 Å². The van der Waals surface area contributed by atoms with Crippen LogP contribution in [0.4, 0.5) is 4.39 Å². The van der Waals surface area contributed by atoms with Crippen LogP contribution in [-0.2, 0) is 13.7 Å². The molecule has 11 nitrogen and oxygen atoms in total. The molecular formula is C24H29FN2O9S2. The number of aliphatic hydroxyl groups is 5. The molecule has 0 spiro atoms. The molecular weight excluding hydrogens is 543 g/mol. The Morgan fingerprint density at radius 1 is 1.11 bits per heavy atom. The van der Waals surface area contributed by atoms with E-state index in [-0.39, 0.29) is 12.2 Å². The fourth-order valence-corrected chi connectivity index (χ4v) is 6.48. The molecule has 4 unspecified atom stereocenters. The molecule has 0 bridgehead atoms. The minimum absolute atomic E-state index is 0.127. The Hall–Kier alpha value is -1.98. The number of aromatic nitrogens is 2. The number of thiol groups is 1. The van der Waals surface area contributed by atoms with E-state index in [0.29, 0.717) is 33.1 Å². The number of thiazole rings is 1. The maximum atomic E-state index is 14.3. The van der Waals surface area contributed by atoms with Gasteiger partial charge in [-0.05, 0) is 42.3 Å². The number of nitrogens with zero attached hydrogens (tertiary/aromatic N) is 2. The first-order valence-corrected chi connectivity index (χ1v) is 13.5. The van der Waals surface area contributed by atoms with Crippen LogP contribution in [0.1, 0.15) is 23.5 Å². The van der Waals surface area contributed by atoms with Crippen molar-refractivity contribution in [2.45, 2.75) is 55.9 Å². The van der Waals surface area contributed by atoms with Crippen LogP contribution in [0.2, 0.25) is 0 Å². The predicted octanol–water partition coefficient (Wildman–Crippen LogP) is 0.956. The lowest BCUT2D eigenvalue weighted by Crippen LogP contribution is -2.33. The molecule has 5 N–H and O–H groups in total. The third kappa shape index (κ3) is 4.90. The molecule has 38 heavy (non-hydrogen) atoms. The van der Waals surface area contributed by atoms with Gasteiger partial charge in [0.1, 0.15) is 58.9 Å². The van der Waals surface area contributed by atoms with Crippen molar-refractivity contribution in [3.8, 4) is 5.75 Å². The van der Waals surface area contributed by atoms with Crippen LogP contribution >= 0.6 is 23.0 Å². The van der Waals surface area contributed by atoms with Gasteiger partial charge in [-0.2, -0.15) is 0 Å². The highest BCUT2D eigenvalue weighted by Gasteiger charge is 2.45. The van der Waals surface area contributed by atoms with E-state index in [2.05, 4.69) is 4.98 Å². The minimum Gasteiger partial charge on any atom is -0.496 e. The molecule has 4 heterocycles. The van der Waals surface area contributed by atoms with E-state index in [1.807, 2.05) is 0 Å². The quantitative estimate of drug-likeness (QED) is 0.178. The number of methoxy groups -OCH3 is 1. The van der Waals surface area contributed by atoms with Crippen LogP contribution in [0.5, 0.6) is 5.75 Å². The summed E-state index contributed by atoms with van der Waals surface area (Å²) in [5.41, 5.74) is 2.99. The Balaban J connectivity index is 1.40. The van der Waals surface area contributed by atoms with Crippen molar-refractivity contribution in [3.63, 3.8) is 0 Å². The Bertz CT molecular complexity index is 1370. The highest BCUT2D eigenvalue weighted by atomic mass is 32.2. The zero-order chi connectivity index (χ0) is 27.1. The summed E-state index contributed by atoms with van der Waals surface area (Å²) < 4.78 is 40.0. The minimum atomic E-state index is -1.34. The second-order valence-corrected chi connectivity index (χ2v) is 10.9. The Morgan fingerprint density at radius 3 is 2.58 bits per heavy atom. The number of fused-ring (bicyclic) bond motifs is 1. The summed E-state index contributed by atoms with van der Waals surface area (Å²) >= 11 is 1.64. The summed E-state index contributed by atoms with van der Waals surface area (Å²) in [5.74, 6) is -0.160. The van der Waals surface area contributed by atoms with Gasteiger partial charge in [-0.1, -0.05) is 0 Å². The van der Waals surface area contributed by atoms with Crippen molar-refractivity contribution >= 4 is 33.2 Å². The van der Waals surface area contributed by atoms with Crippen molar-refractivity contribution in [2.24, 2.45) is 0 Å². The van der Waals surface area contributed by atoms with E-state index < -0.39 is 61.4 Å². The standard InChI is InChI=1S/C24H29FN2O9S2/c1-10-5-14(33-2)11(6-12(10)25)21-19(31)18(30)16(35-21)8-34-38-24-22-13(26-9-37-22)3-4-27(24)23-20(32)17(29)15(7-28)36-23/h3-6,9,15-21,23,28-32,38H,7-8H2,1-2H3/t15-,16-,17?,18?,19?,20?,21+,23-/m1/s1. The normalized spacial score (nSPS) is 32.2. The molecule has 2 aromatic heterocycles. The molecule has 2 aliphatic rings. The lowest BCUT2D eigenvalue weighted by atomic mass is 9.99. The van der Waals surface area contributed by atoms with Crippen molar-refractivity contribution < 1.29 is 48.3 Å². The molecule has 2 aliphatic heterocycles. The molecule has 208 valence electrons. The maximum absolute atomic E-state index is 14.3. The van der Waals surface area contributed by atoms with Crippen molar-refractivity contribution in [3.05, 3.63) is 51.5 Å². The summed E-state index contributed by atoms with van der Waals surface area (Å²) in [4.78, 5) is 4.31. The van der Waals surface area contributed by atoms with E-state index in [0.717, 1.165) is 4.70 Å². The number of hydrogen-bond donors (Lipinski definition) is 6. The zero-order valence-corrected chi connectivity index (χ0v) is 22.1. The van der Waals surface area contributed by atoms with Crippen molar-refractivity contribution in [1.82, 2.24) is 9.55 Å². The number of halogens is 1. The maximum Gasteiger partial charge on any atom is 0.163 e. The molecule has 3 aromatic rings. The number of aryl methyl sites for hydroxylation is 1. The molecule has 0 saturated carbocycles. The molecule has 0 amide bonds. The number of pyridine rings is 1. The largest absolute Gasteiger partial charge is 0.496 e.